The van der Waals surface area contributed by atoms with Crippen molar-refractivity contribution < 1.29 is 22.7 Å². The zero-order valence-corrected chi connectivity index (χ0v) is 24.8. The fraction of sp³-hybridized carbons (Fsp3) is 0.370. The number of carbonyl (C=O) groups is 1. The maximum absolute atomic E-state index is 13.0. The van der Waals surface area contributed by atoms with Crippen molar-refractivity contribution in [1.82, 2.24) is 9.31 Å². The zero-order valence-electron chi connectivity index (χ0n) is 22.4. The summed E-state index contributed by atoms with van der Waals surface area (Å²) in [6.07, 6.45) is 4.65. The van der Waals surface area contributed by atoms with Crippen molar-refractivity contribution in [3.8, 4) is 0 Å². The van der Waals surface area contributed by atoms with E-state index in [1.54, 1.807) is 50.2 Å². The summed E-state index contributed by atoms with van der Waals surface area (Å²) in [5.41, 5.74) is 0.977. The summed E-state index contributed by atoms with van der Waals surface area (Å²) >= 11 is 7.34. The molecule has 0 aromatic heterocycles. The smallest absolute Gasteiger partial charge is 0.330 e. The molecule has 12 heteroatoms. The molecule has 0 bridgehead atoms. The molecule has 0 fully saturated rings. The van der Waals surface area contributed by atoms with Gasteiger partial charge in [0.05, 0.1) is 19.8 Å². The number of hydrazone groups is 1. The van der Waals surface area contributed by atoms with Crippen LogP contribution in [0.5, 0.6) is 0 Å². The van der Waals surface area contributed by atoms with E-state index in [0.29, 0.717) is 23.8 Å². The lowest BCUT2D eigenvalue weighted by atomic mass is 9.85. The van der Waals surface area contributed by atoms with Crippen molar-refractivity contribution in [3.05, 3.63) is 82.9 Å². The molecule has 1 atom stereocenters. The van der Waals surface area contributed by atoms with Crippen LogP contribution in [-0.4, -0.2) is 73.7 Å². The van der Waals surface area contributed by atoms with Crippen molar-refractivity contribution in [1.29, 1.82) is 0 Å². The summed E-state index contributed by atoms with van der Waals surface area (Å²) < 4.78 is 42.9. The summed E-state index contributed by atoms with van der Waals surface area (Å²) in [4.78, 5) is 11.8. The molecule has 9 nitrogen and oxygen atoms in total. The number of benzene rings is 2. The Hall–Kier alpha value is -2.70. The molecule has 2 aromatic carbocycles. The Kier molecular flexibility index (Phi) is 11.1. The van der Waals surface area contributed by atoms with E-state index in [4.69, 9.17) is 26.2 Å². The average Bonchev–Trinajstić information content (AvgIpc) is 3.32. The number of thioether (sulfide) groups is 1. The van der Waals surface area contributed by atoms with Crippen LogP contribution < -0.4 is 0 Å². The van der Waals surface area contributed by atoms with Crippen LogP contribution in [0.25, 0.3) is 0 Å². The molecule has 1 heterocycles. The topological polar surface area (TPSA) is 101 Å². The van der Waals surface area contributed by atoms with E-state index in [2.05, 4.69) is 4.40 Å². The van der Waals surface area contributed by atoms with E-state index in [0.717, 1.165) is 11.1 Å². The van der Waals surface area contributed by atoms with Crippen LogP contribution in [0.4, 0.5) is 0 Å². The average molecular weight is 593 g/mol. The maximum Gasteiger partial charge on any atom is 0.330 e. The van der Waals surface area contributed by atoms with E-state index < -0.39 is 21.8 Å². The second kappa shape index (κ2) is 14.1. The van der Waals surface area contributed by atoms with Gasteiger partial charge in [-0.05, 0) is 30.9 Å². The molecule has 0 amide bonds. The molecule has 0 spiro atoms. The minimum Gasteiger partial charge on any atom is -0.463 e. The molecule has 39 heavy (non-hydrogen) atoms. The minimum absolute atomic E-state index is 0.0671. The number of amidine groups is 1. The molecule has 1 aliphatic heterocycles. The first-order chi connectivity index (χ1) is 18.7. The van der Waals surface area contributed by atoms with E-state index in [1.165, 1.54) is 22.1 Å². The molecular weight excluding hydrogens is 560 g/mol. The second-order valence-corrected chi connectivity index (χ2v) is 11.1. The van der Waals surface area contributed by atoms with Gasteiger partial charge in [0.2, 0.25) is 0 Å². The normalized spacial score (nSPS) is 18.2. The molecule has 1 aliphatic rings. The van der Waals surface area contributed by atoms with Crippen LogP contribution in [0.1, 0.15) is 31.9 Å². The summed E-state index contributed by atoms with van der Waals surface area (Å²) in [6.45, 7) is 6.35. The van der Waals surface area contributed by atoms with Gasteiger partial charge < -0.3 is 9.47 Å². The molecule has 0 aliphatic carbocycles. The van der Waals surface area contributed by atoms with Crippen molar-refractivity contribution >= 4 is 50.4 Å². The van der Waals surface area contributed by atoms with Gasteiger partial charge in [0.15, 0.2) is 10.8 Å². The largest absolute Gasteiger partial charge is 0.463 e. The van der Waals surface area contributed by atoms with Crippen LogP contribution in [0.3, 0.4) is 0 Å². The van der Waals surface area contributed by atoms with Gasteiger partial charge >= 0.3 is 16.2 Å². The van der Waals surface area contributed by atoms with E-state index in [1.807, 2.05) is 42.5 Å². The number of halogens is 1. The van der Waals surface area contributed by atoms with Gasteiger partial charge in [-0.3, -0.25) is 0 Å². The molecule has 1 unspecified atom stereocenters. The Morgan fingerprint density at radius 3 is 2.41 bits per heavy atom. The monoisotopic (exact) mass is 592 g/mol. The Labute approximate surface area is 239 Å². The predicted molar refractivity (Wildman–Crippen MR) is 157 cm³/mol. The number of nitrogens with zero attached hydrogens (tertiary/aromatic N) is 4. The van der Waals surface area contributed by atoms with Gasteiger partial charge in [-0.15, -0.1) is 4.40 Å². The fourth-order valence-electron chi connectivity index (χ4n) is 4.09. The third kappa shape index (κ3) is 7.49. The number of rotatable bonds is 11. The Bertz CT molecular complexity index is 1310. The highest BCUT2D eigenvalue weighted by molar-refractivity contribution is 8.13. The molecule has 0 saturated carbocycles. The van der Waals surface area contributed by atoms with Crippen LogP contribution in [0, 0.1) is 0 Å². The van der Waals surface area contributed by atoms with Crippen molar-refractivity contribution in [2.24, 2.45) is 9.50 Å². The van der Waals surface area contributed by atoms with Gasteiger partial charge in [0.25, 0.3) is 0 Å². The molecule has 2 aromatic rings. The third-order valence-corrected chi connectivity index (χ3v) is 8.54. The van der Waals surface area contributed by atoms with Crippen molar-refractivity contribution in [2.75, 3.05) is 39.1 Å². The molecule has 210 valence electrons. The SMILES string of the molecule is CCOC(=O)/C=C/COC1(c2ccccc2)CN(C(=NS(=O)(=O)N(CC)CC)SC)N=C1c1ccc(Cl)cc1. The van der Waals surface area contributed by atoms with E-state index >= 15 is 0 Å². The van der Waals surface area contributed by atoms with Gasteiger partial charge in [0, 0.05) is 29.8 Å². The highest BCUT2D eigenvalue weighted by Gasteiger charge is 2.47. The lowest BCUT2D eigenvalue weighted by Crippen LogP contribution is -2.43. The lowest BCUT2D eigenvalue weighted by molar-refractivity contribution is -0.137. The molecule has 0 saturated heterocycles. The molecule has 3 rings (SSSR count). The first kappa shape index (κ1) is 30.8. The number of hydrogen-bond donors (Lipinski definition) is 0. The van der Waals surface area contributed by atoms with Crippen LogP contribution in [0.2, 0.25) is 5.02 Å². The molecule has 0 N–H and O–H groups in total. The number of esters is 1. The number of hydrogen-bond acceptors (Lipinski definition) is 7. The summed E-state index contributed by atoms with van der Waals surface area (Å²) in [7, 11) is -3.93. The summed E-state index contributed by atoms with van der Waals surface area (Å²) in [6, 6.07) is 16.7. The van der Waals surface area contributed by atoms with Gasteiger partial charge in [-0.1, -0.05) is 85.8 Å². The first-order valence-electron chi connectivity index (χ1n) is 12.5. The van der Waals surface area contributed by atoms with Crippen LogP contribution in [0.15, 0.2) is 76.2 Å². The van der Waals surface area contributed by atoms with Crippen molar-refractivity contribution in [3.63, 3.8) is 0 Å². The minimum atomic E-state index is -3.93. The second-order valence-electron chi connectivity index (χ2n) is 8.31. The van der Waals surface area contributed by atoms with Gasteiger partial charge in [-0.2, -0.15) is 17.8 Å². The highest BCUT2D eigenvalue weighted by atomic mass is 35.5. The summed E-state index contributed by atoms with van der Waals surface area (Å²) in [5.74, 6) is -0.465. The zero-order chi connectivity index (χ0) is 28.5. The predicted octanol–water partition coefficient (Wildman–Crippen LogP) is 4.70. The Morgan fingerprint density at radius 1 is 1.15 bits per heavy atom. The van der Waals surface area contributed by atoms with Gasteiger partial charge in [-0.25, -0.2) is 9.80 Å². The third-order valence-electron chi connectivity index (χ3n) is 5.93. The lowest BCUT2D eigenvalue weighted by Gasteiger charge is -2.31. The first-order valence-corrected chi connectivity index (χ1v) is 15.5. The maximum atomic E-state index is 13.0. The quantitative estimate of drug-likeness (QED) is 0.161. The van der Waals surface area contributed by atoms with E-state index in [-0.39, 0.29) is 24.9 Å². The number of ether oxygens (including phenoxy) is 2. The van der Waals surface area contributed by atoms with E-state index in [9.17, 15) is 13.2 Å². The van der Waals surface area contributed by atoms with Crippen LogP contribution in [-0.2, 0) is 30.1 Å². The standard InChI is InChI=1S/C27H33ClN4O5S2/c1-5-31(6-2)39(34,35)30-26(38-4)32-20-27(22-12-9-8-10-13-22,37-19-11-14-24(33)36-7-3)25(29-32)21-15-17-23(28)18-16-21/h8-18H,5-7,19-20H2,1-4H3/b14-11+,30-26?. The fourth-order valence-corrected chi connectivity index (χ4v) is 6.17. The van der Waals surface area contributed by atoms with Crippen LogP contribution >= 0.6 is 23.4 Å². The Morgan fingerprint density at radius 2 is 1.82 bits per heavy atom. The molecular formula is C27H33ClN4O5S2. The molecule has 0 radical (unpaired) electrons. The van der Waals surface area contributed by atoms with Crippen molar-refractivity contribution in [2.45, 2.75) is 26.4 Å². The summed E-state index contributed by atoms with van der Waals surface area (Å²) in [5, 5.41) is 7.18. The Balaban J connectivity index is 2.13. The number of carbonyl (C=O) groups excluding carboxylic acids is 1. The highest BCUT2D eigenvalue weighted by Crippen LogP contribution is 2.38. The van der Waals surface area contributed by atoms with Gasteiger partial charge in [0.1, 0.15) is 5.71 Å².